The van der Waals surface area contributed by atoms with Crippen molar-refractivity contribution < 1.29 is 58.9 Å². The number of carbonyl (C=O) groups is 3. The van der Waals surface area contributed by atoms with Crippen molar-refractivity contribution in [3.05, 3.63) is 51.6 Å². The zero-order chi connectivity index (χ0) is 34.5. The SMILES string of the molecule is COc1cccc2c1C(=O)c1c(O)c3c(c(O)c1C2=O)C[C@@](O)(C(=O)CO)C[C@@H]3OC1CC(NCCCC2OCCN2C)C(O)C(C)O1. The molecular weight excluding hydrogens is 628 g/mol. The molecule has 0 bridgehead atoms. The molecular formula is C34H42N2O12. The molecule has 2 aliphatic carbocycles. The van der Waals surface area contributed by atoms with Crippen LogP contribution in [0.25, 0.3) is 0 Å². The third-order valence-corrected chi connectivity index (χ3v) is 10.0. The highest BCUT2D eigenvalue weighted by Gasteiger charge is 2.50. The van der Waals surface area contributed by atoms with Crippen LogP contribution in [0.5, 0.6) is 17.2 Å². The van der Waals surface area contributed by atoms with Gasteiger partial charge in [-0.05, 0) is 39.4 Å². The van der Waals surface area contributed by atoms with Gasteiger partial charge in [0.25, 0.3) is 0 Å². The Balaban J connectivity index is 1.32. The van der Waals surface area contributed by atoms with Gasteiger partial charge in [0.2, 0.25) is 5.78 Å². The van der Waals surface area contributed by atoms with Crippen LogP contribution in [0.3, 0.4) is 0 Å². The molecule has 0 spiro atoms. The number of ether oxygens (including phenoxy) is 4. The fourth-order valence-electron chi connectivity index (χ4n) is 7.39. The Morgan fingerprint density at radius 2 is 1.90 bits per heavy atom. The van der Waals surface area contributed by atoms with Gasteiger partial charge in [0.15, 0.2) is 17.9 Å². The molecule has 14 nitrogen and oxygen atoms in total. The number of phenols is 2. The lowest BCUT2D eigenvalue weighted by Crippen LogP contribution is -2.54. The smallest absolute Gasteiger partial charge is 0.202 e. The molecule has 2 saturated heterocycles. The maximum absolute atomic E-state index is 13.9. The number of hydrogen-bond donors (Lipinski definition) is 6. The molecule has 2 aliphatic heterocycles. The molecule has 4 aliphatic rings. The van der Waals surface area contributed by atoms with E-state index in [9.17, 15) is 39.9 Å². The van der Waals surface area contributed by atoms with Crippen molar-refractivity contribution in [2.75, 3.05) is 40.5 Å². The number of aliphatic hydroxyl groups excluding tert-OH is 2. The summed E-state index contributed by atoms with van der Waals surface area (Å²) in [5, 5.41) is 58.7. The van der Waals surface area contributed by atoms with Gasteiger partial charge in [0.1, 0.15) is 35.7 Å². The minimum absolute atomic E-state index is 0.0414. The van der Waals surface area contributed by atoms with Crippen molar-refractivity contribution in [2.24, 2.45) is 0 Å². The lowest BCUT2D eigenvalue weighted by atomic mass is 9.72. The average molecular weight is 671 g/mol. The monoisotopic (exact) mass is 670 g/mol. The summed E-state index contributed by atoms with van der Waals surface area (Å²) in [6.07, 6.45) is -3.19. The Morgan fingerprint density at radius 1 is 1.15 bits per heavy atom. The van der Waals surface area contributed by atoms with Crippen LogP contribution in [0.15, 0.2) is 18.2 Å². The van der Waals surface area contributed by atoms with Gasteiger partial charge >= 0.3 is 0 Å². The molecule has 2 aromatic carbocycles. The van der Waals surface area contributed by atoms with Crippen LogP contribution in [0.2, 0.25) is 0 Å². The molecule has 2 aromatic rings. The number of rotatable bonds is 10. The largest absolute Gasteiger partial charge is 0.507 e. The second-order valence-electron chi connectivity index (χ2n) is 13.0. The summed E-state index contributed by atoms with van der Waals surface area (Å²) in [6, 6.07) is 3.95. The predicted octanol–water partition coefficient (Wildman–Crippen LogP) is 0.701. The van der Waals surface area contributed by atoms with E-state index in [-0.39, 0.29) is 40.7 Å². The Hall–Kier alpha value is -3.47. The normalized spacial score (nSPS) is 30.1. The molecule has 2 fully saturated rings. The average Bonchev–Trinajstić information content (AvgIpc) is 3.48. The molecule has 5 unspecified atom stereocenters. The number of phenolic OH excluding ortho intramolecular Hbond substituents is 2. The number of methoxy groups -OCH3 is 1. The number of benzene rings is 2. The number of hydrogen-bond acceptors (Lipinski definition) is 14. The quantitative estimate of drug-likeness (QED) is 0.130. The highest BCUT2D eigenvalue weighted by molar-refractivity contribution is 6.31. The number of aromatic hydroxyl groups is 2. The van der Waals surface area contributed by atoms with Crippen LogP contribution in [0, 0.1) is 0 Å². The predicted molar refractivity (Wildman–Crippen MR) is 167 cm³/mol. The molecule has 0 saturated carbocycles. The number of nitrogens with one attached hydrogen (secondary N) is 1. The van der Waals surface area contributed by atoms with Gasteiger partial charge in [-0.1, -0.05) is 12.1 Å². The van der Waals surface area contributed by atoms with Crippen molar-refractivity contribution in [2.45, 2.75) is 81.5 Å². The van der Waals surface area contributed by atoms with Crippen LogP contribution in [0.1, 0.15) is 81.7 Å². The van der Waals surface area contributed by atoms with E-state index in [4.69, 9.17) is 18.9 Å². The van der Waals surface area contributed by atoms with Crippen LogP contribution in [-0.4, -0.2) is 125 Å². The van der Waals surface area contributed by atoms with E-state index in [2.05, 4.69) is 10.2 Å². The number of likely N-dealkylation sites (N-methyl/N-ethyl adjacent to an activating group) is 1. The van der Waals surface area contributed by atoms with E-state index in [1.807, 2.05) is 7.05 Å². The maximum atomic E-state index is 13.9. The van der Waals surface area contributed by atoms with Crippen molar-refractivity contribution in [1.29, 1.82) is 0 Å². The summed E-state index contributed by atoms with van der Waals surface area (Å²) in [7, 11) is 3.34. The Morgan fingerprint density at radius 3 is 2.58 bits per heavy atom. The summed E-state index contributed by atoms with van der Waals surface area (Å²) in [6.45, 7) is 2.80. The van der Waals surface area contributed by atoms with Crippen LogP contribution >= 0.6 is 0 Å². The summed E-state index contributed by atoms with van der Waals surface area (Å²) in [5.41, 5.74) is -3.56. The second-order valence-corrected chi connectivity index (χ2v) is 13.0. The maximum Gasteiger partial charge on any atom is 0.202 e. The zero-order valence-corrected chi connectivity index (χ0v) is 27.1. The van der Waals surface area contributed by atoms with Gasteiger partial charge in [-0.25, -0.2) is 0 Å². The van der Waals surface area contributed by atoms with Crippen LogP contribution in [0.4, 0.5) is 0 Å². The lowest BCUT2D eigenvalue weighted by Gasteiger charge is -2.43. The van der Waals surface area contributed by atoms with Gasteiger partial charge < -0.3 is 49.8 Å². The molecule has 0 radical (unpaired) electrons. The van der Waals surface area contributed by atoms with Crippen molar-refractivity contribution >= 4 is 17.3 Å². The third-order valence-electron chi connectivity index (χ3n) is 10.0. The summed E-state index contributed by atoms with van der Waals surface area (Å²) in [5.74, 6) is -3.70. The van der Waals surface area contributed by atoms with Gasteiger partial charge in [-0.3, -0.25) is 19.3 Å². The van der Waals surface area contributed by atoms with Crippen molar-refractivity contribution in [3.8, 4) is 17.2 Å². The Labute approximate surface area is 277 Å². The number of fused-ring (bicyclic) bond motifs is 3. The standard InChI is InChI=1S/C34H42N2O12/c1-16-29(39)19(35-9-5-8-23-36(2)10-11-46-23)12-24(47-16)48-21-14-34(44,22(38)15-37)13-18-26(21)33(43)28-27(31(18)41)30(40)17-6-4-7-20(45-3)25(17)32(28)42/h4,6-7,16,19,21,23-24,29,35,37,39,41,43-44H,5,8-15H2,1-3H3/t16?,19?,21-,23?,24?,29?,34-/m0/s1. The van der Waals surface area contributed by atoms with E-state index < -0.39 is 95.7 Å². The number of ketones is 3. The minimum atomic E-state index is -2.25. The molecule has 6 N–H and O–H groups in total. The summed E-state index contributed by atoms with van der Waals surface area (Å²) >= 11 is 0. The molecule has 0 aromatic heterocycles. The first-order valence-electron chi connectivity index (χ1n) is 16.2. The van der Waals surface area contributed by atoms with Gasteiger partial charge in [-0.15, -0.1) is 0 Å². The highest BCUT2D eigenvalue weighted by Crippen LogP contribution is 2.52. The Bertz CT molecular complexity index is 1610. The Kier molecular flexibility index (Phi) is 9.63. The summed E-state index contributed by atoms with van der Waals surface area (Å²) in [4.78, 5) is 42.6. The molecule has 2 heterocycles. The number of carbonyl (C=O) groups excluding carboxylic acids is 3. The number of Topliss-reactive ketones (excluding diaryl/α,β-unsaturated/α-hetero) is 1. The van der Waals surface area contributed by atoms with E-state index >= 15 is 0 Å². The first-order valence-corrected chi connectivity index (χ1v) is 16.2. The van der Waals surface area contributed by atoms with Crippen LogP contribution < -0.4 is 10.1 Å². The fraction of sp³-hybridized carbons (Fsp3) is 0.559. The first kappa shape index (κ1) is 34.4. The molecule has 260 valence electrons. The van der Waals surface area contributed by atoms with Gasteiger partial charge in [0, 0.05) is 48.5 Å². The first-order chi connectivity index (χ1) is 22.9. The van der Waals surface area contributed by atoms with E-state index in [1.54, 1.807) is 6.92 Å². The second kappa shape index (κ2) is 13.4. The zero-order valence-electron chi connectivity index (χ0n) is 27.1. The van der Waals surface area contributed by atoms with Crippen molar-refractivity contribution in [3.63, 3.8) is 0 Å². The molecule has 7 atom stereocenters. The minimum Gasteiger partial charge on any atom is -0.507 e. The topological polar surface area (TPSA) is 205 Å². The molecule has 0 amide bonds. The molecule has 48 heavy (non-hydrogen) atoms. The molecule has 6 rings (SSSR count). The van der Waals surface area contributed by atoms with Crippen LogP contribution in [-0.2, 0) is 25.4 Å². The van der Waals surface area contributed by atoms with Crippen molar-refractivity contribution in [1.82, 2.24) is 10.2 Å². The van der Waals surface area contributed by atoms with Gasteiger partial charge in [0.05, 0.1) is 48.7 Å². The third kappa shape index (κ3) is 5.90. The fourth-order valence-corrected chi connectivity index (χ4v) is 7.39. The highest BCUT2D eigenvalue weighted by atomic mass is 16.7. The summed E-state index contributed by atoms with van der Waals surface area (Å²) < 4.78 is 23.3. The molecule has 14 heteroatoms. The van der Waals surface area contributed by atoms with E-state index in [0.29, 0.717) is 13.2 Å². The van der Waals surface area contributed by atoms with Gasteiger partial charge in [-0.2, -0.15) is 0 Å². The lowest BCUT2D eigenvalue weighted by molar-refractivity contribution is -0.249. The number of aliphatic hydroxyl groups is 3. The van der Waals surface area contributed by atoms with E-state index in [1.165, 1.54) is 25.3 Å². The van der Waals surface area contributed by atoms with E-state index in [0.717, 1.165) is 19.4 Å². The number of nitrogens with zero attached hydrogens (tertiary/aromatic N) is 1.